The van der Waals surface area contributed by atoms with Gasteiger partial charge < -0.3 is 28.8 Å². The molecule has 3 aromatic rings. The topological polar surface area (TPSA) is 53.9 Å². The molecule has 6 nitrogen and oxygen atoms in total. The fraction of sp³-hybridized carbons (Fsp3) is 0.238. The number of rotatable bonds is 3. The highest BCUT2D eigenvalue weighted by Gasteiger charge is 2.26. The zero-order valence-electron chi connectivity index (χ0n) is 15.2. The van der Waals surface area contributed by atoms with E-state index in [2.05, 4.69) is 46.4 Å². The molecule has 0 fully saturated rings. The minimum atomic E-state index is 0.0175. The Morgan fingerprint density at radius 3 is 2.63 bits per heavy atom. The zero-order valence-corrected chi connectivity index (χ0v) is 15.2. The number of ether oxygens (including phenoxy) is 4. The van der Waals surface area contributed by atoms with Crippen LogP contribution >= 0.6 is 0 Å². The summed E-state index contributed by atoms with van der Waals surface area (Å²) in [5.41, 5.74) is 4.54. The maximum absolute atomic E-state index is 5.58. The summed E-state index contributed by atoms with van der Waals surface area (Å²) in [7, 11) is 3.30. The first-order valence-electron chi connectivity index (χ1n) is 8.84. The van der Waals surface area contributed by atoms with Crippen molar-refractivity contribution in [3.8, 4) is 28.7 Å². The minimum absolute atomic E-state index is 0.0175. The standard InChI is InChI=1S/C21H20N2O4/c1-24-17-6-5-13(8-18(17)25-2)21-15-4-3-7-23(15)16-10-20-19(26-12-27-20)9-14(16)11-22-21/h3-10,21-22H,11-12H2,1-2H3/t21-/m1/s1. The molecule has 0 saturated heterocycles. The number of aromatic nitrogens is 1. The second kappa shape index (κ2) is 6.25. The third kappa shape index (κ3) is 2.52. The summed E-state index contributed by atoms with van der Waals surface area (Å²) in [4.78, 5) is 0. The maximum Gasteiger partial charge on any atom is 0.231 e. The second-order valence-electron chi connectivity index (χ2n) is 6.57. The molecule has 27 heavy (non-hydrogen) atoms. The molecule has 0 saturated carbocycles. The van der Waals surface area contributed by atoms with Crippen molar-refractivity contribution < 1.29 is 18.9 Å². The van der Waals surface area contributed by atoms with E-state index >= 15 is 0 Å². The van der Waals surface area contributed by atoms with Gasteiger partial charge in [-0.15, -0.1) is 0 Å². The predicted molar refractivity (Wildman–Crippen MR) is 100 cm³/mol. The van der Waals surface area contributed by atoms with E-state index in [9.17, 15) is 0 Å². The van der Waals surface area contributed by atoms with Crippen molar-refractivity contribution in [3.63, 3.8) is 0 Å². The molecule has 0 radical (unpaired) electrons. The lowest BCUT2D eigenvalue weighted by Crippen LogP contribution is -2.21. The van der Waals surface area contributed by atoms with Gasteiger partial charge in [-0.05, 0) is 41.5 Å². The van der Waals surface area contributed by atoms with Gasteiger partial charge in [-0.1, -0.05) is 6.07 Å². The number of fused-ring (bicyclic) bond motifs is 4. The van der Waals surface area contributed by atoms with Gasteiger partial charge in [0.1, 0.15) is 0 Å². The lowest BCUT2D eigenvalue weighted by Gasteiger charge is -2.19. The summed E-state index contributed by atoms with van der Waals surface area (Å²) < 4.78 is 24.2. The summed E-state index contributed by atoms with van der Waals surface area (Å²) in [5.74, 6) is 3.03. The SMILES string of the molecule is COc1ccc([C@H]2NCc3cc4c(cc3-n3cccc32)OCO4)cc1OC. The number of benzene rings is 2. The Hall–Kier alpha value is -3.12. The molecule has 138 valence electrons. The van der Waals surface area contributed by atoms with Crippen molar-refractivity contribution in [2.75, 3.05) is 21.0 Å². The van der Waals surface area contributed by atoms with E-state index in [-0.39, 0.29) is 12.8 Å². The third-order valence-electron chi connectivity index (χ3n) is 5.15. The third-order valence-corrected chi connectivity index (χ3v) is 5.15. The van der Waals surface area contributed by atoms with E-state index < -0.39 is 0 Å². The summed E-state index contributed by atoms with van der Waals surface area (Å²) in [6.07, 6.45) is 2.08. The molecule has 6 heteroatoms. The van der Waals surface area contributed by atoms with Gasteiger partial charge in [-0.3, -0.25) is 0 Å². The van der Waals surface area contributed by atoms with E-state index in [1.54, 1.807) is 14.2 Å². The number of nitrogens with one attached hydrogen (secondary N) is 1. The molecule has 1 atom stereocenters. The molecule has 1 N–H and O–H groups in total. The average Bonchev–Trinajstić information content (AvgIpc) is 3.33. The van der Waals surface area contributed by atoms with Crippen LogP contribution in [0.25, 0.3) is 5.69 Å². The van der Waals surface area contributed by atoms with Crippen molar-refractivity contribution in [2.24, 2.45) is 0 Å². The van der Waals surface area contributed by atoms with Crippen LogP contribution in [0.4, 0.5) is 0 Å². The number of methoxy groups -OCH3 is 2. The van der Waals surface area contributed by atoms with Crippen LogP contribution in [0.2, 0.25) is 0 Å². The Morgan fingerprint density at radius 2 is 1.81 bits per heavy atom. The Morgan fingerprint density at radius 1 is 1.00 bits per heavy atom. The molecule has 2 aliphatic rings. The molecule has 0 spiro atoms. The van der Waals surface area contributed by atoms with Gasteiger partial charge in [0.05, 0.1) is 25.9 Å². The van der Waals surface area contributed by atoms with E-state index in [4.69, 9.17) is 18.9 Å². The van der Waals surface area contributed by atoms with E-state index in [1.165, 1.54) is 5.56 Å². The highest BCUT2D eigenvalue weighted by atomic mass is 16.7. The first kappa shape index (κ1) is 16.1. The van der Waals surface area contributed by atoms with Gasteiger partial charge in [0.15, 0.2) is 23.0 Å². The van der Waals surface area contributed by atoms with Crippen LogP contribution in [-0.4, -0.2) is 25.6 Å². The van der Waals surface area contributed by atoms with Crippen LogP contribution in [0, 0.1) is 0 Å². The van der Waals surface area contributed by atoms with Gasteiger partial charge >= 0.3 is 0 Å². The zero-order chi connectivity index (χ0) is 18.4. The molecule has 0 bridgehead atoms. The molecular formula is C21H20N2O4. The summed E-state index contributed by atoms with van der Waals surface area (Å²) >= 11 is 0. The van der Waals surface area contributed by atoms with Crippen molar-refractivity contribution in [2.45, 2.75) is 12.6 Å². The lowest BCUT2D eigenvalue weighted by molar-refractivity contribution is 0.174. The maximum atomic E-state index is 5.58. The minimum Gasteiger partial charge on any atom is -0.493 e. The normalized spacial score (nSPS) is 17.0. The number of hydrogen-bond acceptors (Lipinski definition) is 5. The Kier molecular flexibility index (Phi) is 3.72. The fourth-order valence-electron chi connectivity index (χ4n) is 3.83. The molecule has 2 aromatic carbocycles. The van der Waals surface area contributed by atoms with Crippen LogP contribution < -0.4 is 24.3 Å². The molecule has 2 aliphatic heterocycles. The van der Waals surface area contributed by atoms with Crippen molar-refractivity contribution in [3.05, 3.63) is 65.5 Å². The van der Waals surface area contributed by atoms with Gasteiger partial charge in [-0.25, -0.2) is 0 Å². The van der Waals surface area contributed by atoms with Gasteiger partial charge in [0.2, 0.25) is 6.79 Å². The van der Waals surface area contributed by atoms with Crippen molar-refractivity contribution in [1.29, 1.82) is 0 Å². The summed E-state index contributed by atoms with van der Waals surface area (Å²) in [6, 6.07) is 14.4. The van der Waals surface area contributed by atoms with Crippen LogP contribution in [-0.2, 0) is 6.54 Å². The molecular weight excluding hydrogens is 344 g/mol. The highest BCUT2D eigenvalue weighted by Crippen LogP contribution is 2.40. The summed E-state index contributed by atoms with van der Waals surface area (Å²) in [5, 5.41) is 3.66. The summed E-state index contributed by atoms with van der Waals surface area (Å²) in [6.45, 7) is 0.991. The molecule has 3 heterocycles. The fourth-order valence-corrected chi connectivity index (χ4v) is 3.83. The van der Waals surface area contributed by atoms with Crippen molar-refractivity contribution in [1.82, 2.24) is 9.88 Å². The Labute approximate surface area is 157 Å². The van der Waals surface area contributed by atoms with Gasteiger partial charge in [-0.2, -0.15) is 0 Å². The smallest absolute Gasteiger partial charge is 0.231 e. The van der Waals surface area contributed by atoms with Crippen LogP contribution in [0.3, 0.4) is 0 Å². The molecule has 1 aromatic heterocycles. The van der Waals surface area contributed by atoms with Crippen LogP contribution in [0.5, 0.6) is 23.0 Å². The average molecular weight is 364 g/mol. The predicted octanol–water partition coefficient (Wildman–Crippen LogP) is 3.42. The first-order valence-corrected chi connectivity index (χ1v) is 8.84. The monoisotopic (exact) mass is 364 g/mol. The molecule has 0 unspecified atom stereocenters. The van der Waals surface area contributed by atoms with Crippen molar-refractivity contribution >= 4 is 0 Å². The quantitative estimate of drug-likeness (QED) is 0.772. The molecule has 5 rings (SSSR count). The largest absolute Gasteiger partial charge is 0.493 e. The Bertz CT molecular complexity index is 1010. The van der Waals surface area contributed by atoms with Crippen LogP contribution in [0.1, 0.15) is 22.9 Å². The molecule has 0 amide bonds. The van der Waals surface area contributed by atoms with Gasteiger partial charge in [0, 0.05) is 24.5 Å². The number of hydrogen-bond donors (Lipinski definition) is 1. The lowest BCUT2D eigenvalue weighted by atomic mass is 10.0. The van der Waals surface area contributed by atoms with E-state index in [0.717, 1.165) is 39.9 Å². The van der Waals surface area contributed by atoms with Gasteiger partial charge in [0.25, 0.3) is 0 Å². The first-order chi connectivity index (χ1) is 13.3. The Balaban J connectivity index is 1.61. The molecule has 0 aliphatic carbocycles. The van der Waals surface area contributed by atoms with E-state index in [0.29, 0.717) is 6.54 Å². The second-order valence-corrected chi connectivity index (χ2v) is 6.57. The van der Waals surface area contributed by atoms with E-state index in [1.807, 2.05) is 12.1 Å². The van der Waals surface area contributed by atoms with Crippen LogP contribution in [0.15, 0.2) is 48.7 Å². The number of nitrogens with zero attached hydrogens (tertiary/aromatic N) is 1. The highest BCUT2D eigenvalue weighted by molar-refractivity contribution is 5.57.